The average molecular weight is 576 g/mol. The maximum atomic E-state index is 3.68. The van der Waals surface area contributed by atoms with Gasteiger partial charge in [0.15, 0.2) is 0 Å². The zero-order chi connectivity index (χ0) is 29.5. The average Bonchev–Trinajstić information content (AvgIpc) is 3.76. The summed E-state index contributed by atoms with van der Waals surface area (Å²) in [4.78, 5) is 3.68. The van der Waals surface area contributed by atoms with Gasteiger partial charge in [0.1, 0.15) is 0 Å². The maximum absolute atomic E-state index is 3.68. The molecule has 0 saturated carbocycles. The van der Waals surface area contributed by atoms with E-state index in [4.69, 9.17) is 0 Å². The molecule has 1 aliphatic rings. The summed E-state index contributed by atoms with van der Waals surface area (Å²) in [7, 11) is 0. The second-order valence-electron chi connectivity index (χ2n) is 12.2. The number of rotatable bonds is 3. The van der Waals surface area contributed by atoms with Crippen LogP contribution < -0.4 is 0 Å². The molecule has 212 valence electrons. The van der Waals surface area contributed by atoms with Crippen molar-refractivity contribution >= 4 is 65.4 Å². The largest absolute Gasteiger partial charge is 0.355 e. The van der Waals surface area contributed by atoms with E-state index in [0.717, 1.165) is 17.5 Å². The maximum Gasteiger partial charge on any atom is 0.0785 e. The fraction of sp³-hybridized carbons (Fsp3) is 0.0476. The van der Waals surface area contributed by atoms with Crippen molar-refractivity contribution in [1.82, 2.24) is 14.1 Å². The molecule has 3 aromatic heterocycles. The molecule has 0 bridgehead atoms. The SMILES string of the molecule is C1=CCC(n2c3ccccc3c3ccc4c5ccccc5n(-c5ccc6[nH]c7ccc(-c8ccccc8)cc7c6c5)c4c32)C=C1. The molecule has 3 heterocycles. The third kappa shape index (κ3) is 3.52. The molecule has 0 fully saturated rings. The van der Waals surface area contributed by atoms with Crippen LogP contribution in [0.25, 0.3) is 82.2 Å². The predicted molar refractivity (Wildman–Crippen MR) is 191 cm³/mol. The molecule has 0 radical (unpaired) electrons. The van der Waals surface area contributed by atoms with Gasteiger partial charge in [-0.15, -0.1) is 0 Å². The standard InChI is InChI=1S/C42H29N3/c1-3-11-27(12-4-1)28-19-23-37-35(25-28)36-26-30(20-24-38(36)43-37)45-40-18-10-8-16-32(40)34-22-21-33-31-15-7-9-17-39(31)44(41(33)42(34)45)29-13-5-2-6-14-29/h1-13,15-26,29,43H,14H2. The van der Waals surface area contributed by atoms with Crippen LogP contribution in [-0.4, -0.2) is 14.1 Å². The molecule has 3 nitrogen and oxygen atoms in total. The van der Waals surface area contributed by atoms with Gasteiger partial charge in [0.2, 0.25) is 0 Å². The molecule has 45 heavy (non-hydrogen) atoms. The highest BCUT2D eigenvalue weighted by atomic mass is 15.1. The molecule has 0 amide bonds. The second kappa shape index (κ2) is 9.35. The van der Waals surface area contributed by atoms with Gasteiger partial charge in [-0.3, -0.25) is 0 Å². The summed E-state index contributed by atoms with van der Waals surface area (Å²) in [6.07, 6.45) is 9.97. The van der Waals surface area contributed by atoms with Gasteiger partial charge in [0.25, 0.3) is 0 Å². The van der Waals surface area contributed by atoms with Crippen molar-refractivity contribution in [1.29, 1.82) is 0 Å². The number of hydrogen-bond acceptors (Lipinski definition) is 0. The Labute approximate surface area is 259 Å². The molecule has 3 heteroatoms. The second-order valence-corrected chi connectivity index (χ2v) is 12.2. The smallest absolute Gasteiger partial charge is 0.0785 e. The number of nitrogens with zero attached hydrogens (tertiary/aromatic N) is 2. The number of nitrogens with one attached hydrogen (secondary N) is 1. The van der Waals surface area contributed by atoms with Crippen LogP contribution in [0, 0.1) is 0 Å². The van der Waals surface area contributed by atoms with Crippen molar-refractivity contribution in [2.45, 2.75) is 12.5 Å². The Balaban J connectivity index is 1.32. The first kappa shape index (κ1) is 24.6. The van der Waals surface area contributed by atoms with E-state index in [2.05, 4.69) is 166 Å². The van der Waals surface area contributed by atoms with Crippen LogP contribution in [0.4, 0.5) is 0 Å². The molecule has 6 aromatic carbocycles. The molecular weight excluding hydrogens is 546 g/mol. The Morgan fingerprint density at radius 2 is 1.20 bits per heavy atom. The first-order valence-electron chi connectivity index (χ1n) is 15.7. The van der Waals surface area contributed by atoms with Crippen molar-refractivity contribution in [2.75, 3.05) is 0 Å². The highest BCUT2D eigenvalue weighted by Crippen LogP contribution is 2.43. The Morgan fingerprint density at radius 3 is 2.00 bits per heavy atom. The third-order valence-corrected chi connectivity index (χ3v) is 9.74. The Hall–Kier alpha value is -5.80. The number of aromatic nitrogens is 3. The molecule has 1 N–H and O–H groups in total. The topological polar surface area (TPSA) is 25.6 Å². The van der Waals surface area contributed by atoms with Gasteiger partial charge in [0, 0.05) is 54.6 Å². The van der Waals surface area contributed by atoms with Crippen molar-refractivity contribution in [3.8, 4) is 16.8 Å². The van der Waals surface area contributed by atoms with Crippen LogP contribution in [0.1, 0.15) is 12.5 Å². The Bertz CT molecular complexity index is 2680. The van der Waals surface area contributed by atoms with E-state index >= 15 is 0 Å². The lowest BCUT2D eigenvalue weighted by Crippen LogP contribution is -2.07. The molecular formula is C42H29N3. The minimum Gasteiger partial charge on any atom is -0.355 e. The number of H-pyrrole nitrogens is 1. The molecule has 0 aliphatic heterocycles. The number of benzene rings is 6. The first-order valence-corrected chi connectivity index (χ1v) is 15.7. The summed E-state index contributed by atoms with van der Waals surface area (Å²) < 4.78 is 5.09. The van der Waals surface area contributed by atoms with Crippen molar-refractivity contribution < 1.29 is 0 Å². The molecule has 1 unspecified atom stereocenters. The number of allylic oxidation sites excluding steroid dienone is 4. The van der Waals surface area contributed by atoms with Crippen molar-refractivity contribution in [3.05, 3.63) is 152 Å². The quantitative estimate of drug-likeness (QED) is 0.217. The van der Waals surface area contributed by atoms with Gasteiger partial charge in [-0.25, -0.2) is 0 Å². The summed E-state index contributed by atoms with van der Waals surface area (Å²) in [5, 5.41) is 7.63. The highest BCUT2D eigenvalue weighted by molar-refractivity contribution is 6.23. The fourth-order valence-corrected chi connectivity index (χ4v) is 7.74. The van der Waals surface area contributed by atoms with E-state index in [0.29, 0.717) is 0 Å². The van der Waals surface area contributed by atoms with Crippen LogP contribution in [0.3, 0.4) is 0 Å². The molecule has 9 aromatic rings. The van der Waals surface area contributed by atoms with Crippen molar-refractivity contribution in [3.63, 3.8) is 0 Å². The lowest BCUT2D eigenvalue weighted by molar-refractivity contribution is 0.648. The normalized spacial score (nSPS) is 15.1. The van der Waals surface area contributed by atoms with E-state index in [1.54, 1.807) is 0 Å². The predicted octanol–water partition coefficient (Wildman–Crippen LogP) is 11.3. The molecule has 0 spiro atoms. The minimum atomic E-state index is 0.252. The number of aromatic amines is 1. The van der Waals surface area contributed by atoms with Crippen LogP contribution >= 0.6 is 0 Å². The summed E-state index contributed by atoms with van der Waals surface area (Å²) in [5.74, 6) is 0. The summed E-state index contributed by atoms with van der Waals surface area (Å²) in [6, 6.07) is 47.0. The van der Waals surface area contributed by atoms with Gasteiger partial charge < -0.3 is 14.1 Å². The fourth-order valence-electron chi connectivity index (χ4n) is 7.74. The van der Waals surface area contributed by atoms with Crippen LogP contribution in [0.15, 0.2) is 152 Å². The van der Waals surface area contributed by atoms with Gasteiger partial charge >= 0.3 is 0 Å². The lowest BCUT2D eigenvalue weighted by atomic mass is 10.0. The zero-order valence-electron chi connectivity index (χ0n) is 24.6. The van der Waals surface area contributed by atoms with E-state index in [-0.39, 0.29) is 6.04 Å². The lowest BCUT2D eigenvalue weighted by Gasteiger charge is -2.19. The first-order chi connectivity index (χ1) is 22.3. The van der Waals surface area contributed by atoms with E-state index in [9.17, 15) is 0 Å². The minimum absolute atomic E-state index is 0.252. The van der Waals surface area contributed by atoms with Crippen LogP contribution in [0.2, 0.25) is 0 Å². The number of fused-ring (bicyclic) bond motifs is 10. The van der Waals surface area contributed by atoms with Gasteiger partial charge in [-0.05, 0) is 60.0 Å². The molecule has 0 saturated heterocycles. The highest BCUT2D eigenvalue weighted by Gasteiger charge is 2.23. The zero-order valence-corrected chi connectivity index (χ0v) is 24.6. The van der Waals surface area contributed by atoms with Gasteiger partial charge in [-0.2, -0.15) is 0 Å². The monoisotopic (exact) mass is 575 g/mol. The molecule has 10 rings (SSSR count). The van der Waals surface area contributed by atoms with Crippen LogP contribution in [0.5, 0.6) is 0 Å². The Kier molecular flexibility index (Phi) is 5.11. The van der Waals surface area contributed by atoms with Crippen LogP contribution in [-0.2, 0) is 0 Å². The van der Waals surface area contributed by atoms with E-state index in [1.165, 1.54) is 71.2 Å². The summed E-state index contributed by atoms with van der Waals surface area (Å²) in [5.41, 5.74) is 11.0. The number of hydrogen-bond donors (Lipinski definition) is 1. The summed E-state index contributed by atoms with van der Waals surface area (Å²) >= 11 is 0. The molecule has 1 atom stereocenters. The molecule has 1 aliphatic carbocycles. The van der Waals surface area contributed by atoms with Crippen molar-refractivity contribution in [2.24, 2.45) is 0 Å². The van der Waals surface area contributed by atoms with E-state index in [1.807, 2.05) is 0 Å². The van der Waals surface area contributed by atoms with E-state index < -0.39 is 0 Å². The Morgan fingerprint density at radius 1 is 0.511 bits per heavy atom. The number of para-hydroxylation sites is 2. The van der Waals surface area contributed by atoms with Gasteiger partial charge in [-0.1, -0.05) is 109 Å². The third-order valence-electron chi connectivity index (χ3n) is 9.74. The summed E-state index contributed by atoms with van der Waals surface area (Å²) in [6.45, 7) is 0. The van der Waals surface area contributed by atoms with Gasteiger partial charge in [0.05, 0.1) is 22.6 Å².